The number of hydrogen-bond acceptors (Lipinski definition) is 3. The molecule has 0 aromatic heterocycles. The normalized spacial score (nSPS) is 11.1. The Morgan fingerprint density at radius 2 is 1.74 bits per heavy atom. The van der Waals surface area contributed by atoms with E-state index in [2.05, 4.69) is 67.2 Å². The number of hydrogen-bond donors (Lipinski definition) is 2. The second kappa shape index (κ2) is 8.74. The molecule has 0 unspecified atom stereocenters. The molecule has 0 spiro atoms. The van der Waals surface area contributed by atoms with Crippen molar-refractivity contribution in [3.05, 3.63) is 77.1 Å². The van der Waals surface area contributed by atoms with Crippen LogP contribution < -0.4 is 21.2 Å². The standard InChI is InChI=1S/C26H27N3O2/c1-4-17-11-13-21-23(15-17)31-24-16-18(29(5-2)6-3)12-14-22(24)25(21)19-9-7-8-10-20(19)26(30)28-27/h7-16,27,30H,4-6H2,1-3H3/p+1. The number of fused-ring (bicyclic) bond motifs is 2. The number of nitrogens with one attached hydrogen (secondary N) is 1. The summed E-state index contributed by atoms with van der Waals surface area (Å²) < 4.78 is 8.69. The first-order valence-electron chi connectivity index (χ1n) is 10.8. The Hall–Kier alpha value is -3.44. The second-order valence-electron chi connectivity index (χ2n) is 7.53. The van der Waals surface area contributed by atoms with Gasteiger partial charge in [-0.1, -0.05) is 37.3 Å². The molecule has 3 N–H and O–H groups in total. The van der Waals surface area contributed by atoms with Gasteiger partial charge in [0.2, 0.25) is 5.36 Å². The molecule has 4 rings (SSSR count). The first-order valence-corrected chi connectivity index (χ1v) is 10.8. The van der Waals surface area contributed by atoms with Crippen molar-refractivity contribution in [2.45, 2.75) is 27.2 Å². The maximum absolute atomic E-state index is 12.5. The summed E-state index contributed by atoms with van der Waals surface area (Å²) in [4.78, 5) is 12.5. The molecule has 158 valence electrons. The van der Waals surface area contributed by atoms with E-state index < -0.39 is 0 Å². The first-order chi connectivity index (χ1) is 15.1. The van der Waals surface area contributed by atoms with Crippen LogP contribution in [-0.4, -0.2) is 19.0 Å². The zero-order valence-electron chi connectivity index (χ0n) is 18.2. The van der Waals surface area contributed by atoms with Gasteiger partial charge in [-0.25, -0.2) is 10.4 Å². The quantitative estimate of drug-likeness (QED) is 0.169. The minimum Gasteiger partial charge on any atom is -0.456 e. The Morgan fingerprint density at radius 1 is 0.968 bits per heavy atom. The van der Waals surface area contributed by atoms with Gasteiger partial charge >= 0.3 is 0 Å². The molecule has 1 amide bonds. The number of nitrogens with two attached hydrogens (primary N) is 1. The van der Waals surface area contributed by atoms with Crippen LogP contribution in [0.15, 0.2) is 65.1 Å². The van der Waals surface area contributed by atoms with Crippen molar-refractivity contribution in [1.29, 1.82) is 0 Å². The average molecular weight is 415 g/mol. The zero-order valence-corrected chi connectivity index (χ0v) is 18.2. The summed E-state index contributed by atoms with van der Waals surface area (Å²) >= 11 is 0. The van der Waals surface area contributed by atoms with Gasteiger partial charge in [0.15, 0.2) is 0 Å². The van der Waals surface area contributed by atoms with Gasteiger partial charge in [0.25, 0.3) is 5.91 Å². The third kappa shape index (κ3) is 3.73. The third-order valence-corrected chi connectivity index (χ3v) is 5.88. The van der Waals surface area contributed by atoms with Crippen LogP contribution in [-0.2, 0) is 6.42 Å². The number of nitrogen functional groups attached to an aromatic ring is 1. The predicted octanol–water partition coefficient (Wildman–Crippen LogP) is 4.18. The van der Waals surface area contributed by atoms with Crippen LogP contribution >= 0.6 is 0 Å². The van der Waals surface area contributed by atoms with Crippen LogP contribution in [0, 0.1) is 0 Å². The maximum atomic E-state index is 12.5. The van der Waals surface area contributed by atoms with Crippen molar-refractivity contribution in [3.63, 3.8) is 0 Å². The van der Waals surface area contributed by atoms with Gasteiger partial charge in [-0.2, -0.15) is 0 Å². The number of amides is 1. The summed E-state index contributed by atoms with van der Waals surface area (Å²) in [6, 6.07) is 20.1. The minimum absolute atomic E-state index is 0.317. The van der Waals surface area contributed by atoms with E-state index in [1.165, 1.54) is 5.56 Å². The summed E-state index contributed by atoms with van der Waals surface area (Å²) in [5, 5.41) is 2.09. The molecule has 0 bridgehead atoms. The highest BCUT2D eigenvalue weighted by Crippen LogP contribution is 2.41. The summed E-state index contributed by atoms with van der Waals surface area (Å²) in [7, 11) is 0. The van der Waals surface area contributed by atoms with Gasteiger partial charge in [-0.3, -0.25) is 10.2 Å². The Balaban J connectivity index is 2.15. The number of carbonyl (C=O) groups is 1. The summed E-state index contributed by atoms with van der Waals surface area (Å²) in [5.41, 5.74) is 7.59. The number of benzene rings is 3. The van der Waals surface area contributed by atoms with Crippen LogP contribution in [0.25, 0.3) is 33.4 Å². The second-order valence-corrected chi connectivity index (χ2v) is 7.53. The van der Waals surface area contributed by atoms with E-state index in [1.807, 2.05) is 18.2 Å². The number of aryl methyl sites for hydroxylation is 1. The Labute approximate surface area is 182 Å². The van der Waals surface area contributed by atoms with Gasteiger partial charge in [-0.05, 0) is 49.6 Å². The Kier molecular flexibility index (Phi) is 5.87. The largest absolute Gasteiger partial charge is 0.456 e. The Morgan fingerprint density at radius 3 is 2.45 bits per heavy atom. The molecule has 0 fully saturated rings. The van der Waals surface area contributed by atoms with Crippen molar-refractivity contribution in [1.82, 2.24) is 10.0 Å². The minimum atomic E-state index is -0.317. The van der Waals surface area contributed by atoms with E-state index in [9.17, 15) is 4.79 Å². The number of nitrogens with zero attached hydrogens (tertiary/aromatic N) is 1. The SMILES string of the molecule is CCc1ccc2c(-c3ccccc3C(=O)NN)c3ccc(=[N+](CC)CC)cc-3oc2c1. The highest BCUT2D eigenvalue weighted by molar-refractivity contribution is 6.08. The van der Waals surface area contributed by atoms with Crippen molar-refractivity contribution in [3.8, 4) is 22.5 Å². The van der Waals surface area contributed by atoms with E-state index in [-0.39, 0.29) is 5.91 Å². The fourth-order valence-electron chi connectivity index (χ4n) is 4.20. The molecule has 1 aliphatic heterocycles. The summed E-state index contributed by atoms with van der Waals surface area (Å²) in [6.07, 6.45) is 0.921. The first kappa shape index (κ1) is 20.8. The Bertz CT molecular complexity index is 1300. The molecule has 2 aromatic rings. The average Bonchev–Trinajstić information content (AvgIpc) is 2.82. The molecule has 1 aliphatic carbocycles. The number of rotatable bonds is 5. The third-order valence-electron chi connectivity index (χ3n) is 5.88. The van der Waals surface area contributed by atoms with Crippen molar-refractivity contribution >= 4 is 16.9 Å². The van der Waals surface area contributed by atoms with Crippen LogP contribution in [0.4, 0.5) is 0 Å². The van der Waals surface area contributed by atoms with E-state index >= 15 is 0 Å². The van der Waals surface area contributed by atoms with Crippen LogP contribution in [0.1, 0.15) is 36.7 Å². The van der Waals surface area contributed by atoms with Gasteiger partial charge in [0, 0.05) is 28.1 Å². The van der Waals surface area contributed by atoms with Crippen molar-refractivity contribution in [2.75, 3.05) is 13.1 Å². The molecule has 0 saturated heterocycles. The molecule has 0 atom stereocenters. The molecule has 0 radical (unpaired) electrons. The number of hydrazine groups is 1. The van der Waals surface area contributed by atoms with Crippen LogP contribution in [0.3, 0.4) is 0 Å². The lowest BCUT2D eigenvalue weighted by Crippen LogP contribution is -2.30. The fraction of sp³-hybridized carbons (Fsp3) is 0.231. The van der Waals surface area contributed by atoms with E-state index in [4.69, 9.17) is 10.3 Å². The van der Waals surface area contributed by atoms with Crippen LogP contribution in [0.2, 0.25) is 0 Å². The molecule has 2 aromatic carbocycles. The molecular formula is C26H28N3O2+. The summed E-state index contributed by atoms with van der Waals surface area (Å²) in [5.74, 6) is 5.95. The van der Waals surface area contributed by atoms with Crippen molar-refractivity contribution < 1.29 is 9.21 Å². The molecule has 1 heterocycles. The lowest BCUT2D eigenvalue weighted by atomic mass is 9.90. The molecular weight excluding hydrogens is 386 g/mol. The maximum Gasteiger partial charge on any atom is 0.265 e. The highest BCUT2D eigenvalue weighted by Gasteiger charge is 2.22. The highest BCUT2D eigenvalue weighted by atomic mass is 16.3. The van der Waals surface area contributed by atoms with Gasteiger partial charge < -0.3 is 4.42 Å². The number of carbonyl (C=O) groups excluding carboxylic acids is 1. The van der Waals surface area contributed by atoms with E-state index in [0.29, 0.717) is 5.56 Å². The predicted molar refractivity (Wildman–Crippen MR) is 126 cm³/mol. The zero-order chi connectivity index (χ0) is 22.0. The van der Waals surface area contributed by atoms with Crippen molar-refractivity contribution in [2.24, 2.45) is 5.84 Å². The smallest absolute Gasteiger partial charge is 0.265 e. The van der Waals surface area contributed by atoms with Gasteiger partial charge in [-0.15, -0.1) is 0 Å². The molecule has 31 heavy (non-hydrogen) atoms. The molecule has 5 heteroatoms. The van der Waals surface area contributed by atoms with Crippen LogP contribution in [0.5, 0.6) is 0 Å². The monoisotopic (exact) mass is 414 g/mol. The molecule has 5 nitrogen and oxygen atoms in total. The van der Waals surface area contributed by atoms with Gasteiger partial charge in [0.05, 0.1) is 6.07 Å². The van der Waals surface area contributed by atoms with E-state index in [0.717, 1.165) is 58.3 Å². The van der Waals surface area contributed by atoms with Gasteiger partial charge in [0.1, 0.15) is 24.4 Å². The topological polar surface area (TPSA) is 71.3 Å². The lowest BCUT2D eigenvalue weighted by Gasteiger charge is -2.17. The summed E-state index contributed by atoms with van der Waals surface area (Å²) in [6.45, 7) is 8.25. The lowest BCUT2D eigenvalue weighted by molar-refractivity contribution is 0.0954. The molecule has 0 saturated carbocycles. The molecule has 2 aliphatic rings. The van der Waals surface area contributed by atoms with E-state index in [1.54, 1.807) is 6.07 Å². The fourth-order valence-corrected chi connectivity index (χ4v) is 4.20.